The highest BCUT2D eigenvalue weighted by atomic mass is 16.7. The monoisotopic (exact) mass is 184 g/mol. The third-order valence-corrected chi connectivity index (χ3v) is 1.97. The van der Waals surface area contributed by atoms with Crippen molar-refractivity contribution in [3.05, 3.63) is 44.0 Å². The molecule has 70 valence electrons. The number of allylic oxidation sites excluding steroid dienone is 2. The van der Waals surface area contributed by atoms with E-state index in [1.807, 2.05) is 0 Å². The summed E-state index contributed by atoms with van der Waals surface area (Å²) in [4.78, 5) is 19.3. The summed E-state index contributed by atoms with van der Waals surface area (Å²) in [5.74, 6) is 0. The fraction of sp³-hybridized carbons (Fsp3) is 0.429. The molecular formula is C7H8N2O4. The molecule has 0 amide bonds. The summed E-state index contributed by atoms with van der Waals surface area (Å²) in [5, 5.41) is 21.0. The zero-order valence-corrected chi connectivity index (χ0v) is 6.97. The van der Waals surface area contributed by atoms with Gasteiger partial charge in [-0.3, -0.25) is 20.2 Å². The second kappa shape index (κ2) is 2.96. The molecule has 1 aliphatic rings. The predicted octanol–water partition coefficient (Wildman–Crippen LogP) is 1.14. The Hall–Kier alpha value is -1.72. The van der Waals surface area contributed by atoms with Crippen molar-refractivity contribution in [2.75, 3.05) is 0 Å². The fourth-order valence-electron chi connectivity index (χ4n) is 1.05. The second-order valence-corrected chi connectivity index (χ2v) is 2.88. The SMILES string of the molecule is CC1=CCC([N+](=O)[O-])([N+](=O)[O-])C=C1. The molecule has 6 heteroatoms. The first-order valence-corrected chi connectivity index (χ1v) is 3.64. The molecule has 0 aliphatic heterocycles. The molecule has 0 aromatic carbocycles. The maximum atomic E-state index is 10.5. The zero-order valence-electron chi connectivity index (χ0n) is 6.97. The summed E-state index contributed by atoms with van der Waals surface area (Å²) in [5.41, 5.74) is -1.35. The van der Waals surface area contributed by atoms with E-state index in [9.17, 15) is 20.2 Å². The zero-order chi connectivity index (χ0) is 10.1. The molecule has 0 aromatic heterocycles. The van der Waals surface area contributed by atoms with E-state index in [1.54, 1.807) is 6.92 Å². The Morgan fingerprint density at radius 2 is 1.92 bits per heavy atom. The molecule has 0 saturated heterocycles. The summed E-state index contributed by atoms with van der Waals surface area (Å²) in [7, 11) is 0. The topological polar surface area (TPSA) is 86.3 Å². The summed E-state index contributed by atoms with van der Waals surface area (Å²) in [6.45, 7) is 1.74. The van der Waals surface area contributed by atoms with E-state index in [-0.39, 0.29) is 6.42 Å². The van der Waals surface area contributed by atoms with Crippen molar-refractivity contribution in [1.82, 2.24) is 0 Å². The van der Waals surface area contributed by atoms with Gasteiger partial charge in [-0.25, -0.2) is 0 Å². The van der Waals surface area contributed by atoms with Crippen molar-refractivity contribution >= 4 is 0 Å². The minimum Gasteiger partial charge on any atom is -0.258 e. The smallest absolute Gasteiger partial charge is 0.258 e. The maximum Gasteiger partial charge on any atom is 0.481 e. The van der Waals surface area contributed by atoms with E-state index < -0.39 is 15.5 Å². The van der Waals surface area contributed by atoms with Gasteiger partial charge < -0.3 is 0 Å². The molecule has 0 heterocycles. The van der Waals surface area contributed by atoms with Gasteiger partial charge in [0.25, 0.3) is 0 Å². The molecule has 0 spiro atoms. The minimum absolute atomic E-state index is 0.185. The summed E-state index contributed by atoms with van der Waals surface area (Å²) >= 11 is 0. The van der Waals surface area contributed by atoms with Crippen LogP contribution in [0, 0.1) is 20.2 Å². The minimum atomic E-state index is -2.15. The van der Waals surface area contributed by atoms with Crippen molar-refractivity contribution in [3.8, 4) is 0 Å². The average Bonchev–Trinajstić information content (AvgIpc) is 2.04. The standard InChI is InChI=1S/C7H8N2O4/c1-6-2-4-7(5-3-6,8(10)11)9(12)13/h2-4H,5H2,1H3. The van der Waals surface area contributed by atoms with Gasteiger partial charge in [0.1, 0.15) is 16.3 Å². The number of nitrogens with zero attached hydrogens (tertiary/aromatic N) is 2. The summed E-state index contributed by atoms with van der Waals surface area (Å²) in [6.07, 6.45) is 3.73. The Labute approximate surface area is 73.8 Å². The highest BCUT2D eigenvalue weighted by molar-refractivity contribution is 5.23. The quantitative estimate of drug-likeness (QED) is 0.365. The van der Waals surface area contributed by atoms with Crippen LogP contribution in [0.2, 0.25) is 0 Å². The Kier molecular flexibility index (Phi) is 2.14. The van der Waals surface area contributed by atoms with Crippen LogP contribution in [0.25, 0.3) is 0 Å². The highest BCUT2D eigenvalue weighted by Crippen LogP contribution is 2.24. The summed E-state index contributed by atoms with van der Waals surface area (Å²) in [6, 6.07) is 0. The van der Waals surface area contributed by atoms with Crippen molar-refractivity contribution in [3.63, 3.8) is 0 Å². The number of hydrogen-bond donors (Lipinski definition) is 0. The summed E-state index contributed by atoms with van der Waals surface area (Å²) < 4.78 is 0. The van der Waals surface area contributed by atoms with Crippen molar-refractivity contribution in [2.45, 2.75) is 19.0 Å². The fourth-order valence-corrected chi connectivity index (χ4v) is 1.05. The van der Waals surface area contributed by atoms with E-state index in [0.717, 1.165) is 11.6 Å². The van der Waals surface area contributed by atoms with Crippen LogP contribution >= 0.6 is 0 Å². The molecule has 0 aromatic rings. The largest absolute Gasteiger partial charge is 0.481 e. The molecular weight excluding hydrogens is 176 g/mol. The van der Waals surface area contributed by atoms with E-state index in [1.165, 1.54) is 12.2 Å². The van der Waals surface area contributed by atoms with Gasteiger partial charge in [0.15, 0.2) is 0 Å². The van der Waals surface area contributed by atoms with Crippen LogP contribution in [0.5, 0.6) is 0 Å². The molecule has 13 heavy (non-hydrogen) atoms. The van der Waals surface area contributed by atoms with E-state index in [0.29, 0.717) is 0 Å². The molecule has 0 atom stereocenters. The molecule has 0 N–H and O–H groups in total. The predicted molar refractivity (Wildman–Crippen MR) is 44.2 cm³/mol. The number of rotatable bonds is 2. The van der Waals surface area contributed by atoms with Gasteiger partial charge in [0.05, 0.1) is 6.08 Å². The van der Waals surface area contributed by atoms with Crippen LogP contribution < -0.4 is 0 Å². The van der Waals surface area contributed by atoms with Crippen molar-refractivity contribution < 1.29 is 9.85 Å². The molecule has 0 saturated carbocycles. The molecule has 1 aliphatic carbocycles. The first-order valence-electron chi connectivity index (χ1n) is 3.64. The van der Waals surface area contributed by atoms with Crippen LogP contribution in [0.4, 0.5) is 0 Å². The van der Waals surface area contributed by atoms with Crippen LogP contribution in [-0.2, 0) is 0 Å². The third-order valence-electron chi connectivity index (χ3n) is 1.97. The molecule has 0 unspecified atom stereocenters. The van der Waals surface area contributed by atoms with E-state index in [2.05, 4.69) is 0 Å². The van der Waals surface area contributed by atoms with Crippen molar-refractivity contribution in [2.24, 2.45) is 0 Å². The number of hydrogen-bond acceptors (Lipinski definition) is 4. The van der Waals surface area contributed by atoms with Gasteiger partial charge in [-0.2, -0.15) is 0 Å². The Bertz CT molecular complexity index is 304. The first-order chi connectivity index (χ1) is 5.99. The van der Waals surface area contributed by atoms with Gasteiger partial charge in [-0.1, -0.05) is 11.6 Å². The van der Waals surface area contributed by atoms with Gasteiger partial charge >= 0.3 is 5.66 Å². The van der Waals surface area contributed by atoms with Crippen LogP contribution in [0.15, 0.2) is 23.8 Å². The lowest BCUT2D eigenvalue weighted by Gasteiger charge is -2.14. The highest BCUT2D eigenvalue weighted by Gasteiger charge is 2.53. The Morgan fingerprint density at radius 3 is 2.23 bits per heavy atom. The van der Waals surface area contributed by atoms with E-state index >= 15 is 0 Å². The molecule has 6 nitrogen and oxygen atoms in total. The van der Waals surface area contributed by atoms with Gasteiger partial charge in [-0.05, 0) is 13.0 Å². The molecule has 0 bridgehead atoms. The van der Waals surface area contributed by atoms with Crippen LogP contribution in [0.3, 0.4) is 0 Å². The normalized spacial score (nSPS) is 19.3. The molecule has 0 radical (unpaired) electrons. The first kappa shape index (κ1) is 9.37. The van der Waals surface area contributed by atoms with Gasteiger partial charge in [0, 0.05) is 0 Å². The lowest BCUT2D eigenvalue weighted by atomic mass is 9.99. The van der Waals surface area contributed by atoms with Crippen LogP contribution in [-0.4, -0.2) is 15.5 Å². The molecule has 0 fully saturated rings. The van der Waals surface area contributed by atoms with Crippen molar-refractivity contribution in [1.29, 1.82) is 0 Å². The Morgan fingerprint density at radius 1 is 1.38 bits per heavy atom. The number of nitro groups is 2. The maximum absolute atomic E-state index is 10.5. The van der Waals surface area contributed by atoms with Crippen LogP contribution in [0.1, 0.15) is 13.3 Å². The molecule has 1 rings (SSSR count). The average molecular weight is 184 g/mol. The van der Waals surface area contributed by atoms with Gasteiger partial charge in [0.2, 0.25) is 0 Å². The van der Waals surface area contributed by atoms with E-state index in [4.69, 9.17) is 0 Å². The Balaban J connectivity index is 3.05. The lowest BCUT2D eigenvalue weighted by Crippen LogP contribution is -2.44. The lowest BCUT2D eigenvalue weighted by molar-refractivity contribution is -0.780. The third kappa shape index (κ3) is 1.42. The second-order valence-electron chi connectivity index (χ2n) is 2.88. The van der Waals surface area contributed by atoms with Gasteiger partial charge in [-0.15, -0.1) is 0 Å².